The fraction of sp³-hybridized carbons (Fsp3) is 0.533. The van der Waals surface area contributed by atoms with E-state index in [0.717, 1.165) is 5.17 Å². The van der Waals surface area contributed by atoms with Gasteiger partial charge in [-0.15, -0.1) is 0 Å². The summed E-state index contributed by atoms with van der Waals surface area (Å²) in [5, 5.41) is 23.3. The van der Waals surface area contributed by atoms with Crippen LogP contribution in [0.25, 0.3) is 0 Å². The largest absolute Gasteiger partial charge is 0.493 e. The molecule has 2 heterocycles. The van der Waals surface area contributed by atoms with Gasteiger partial charge in [-0.2, -0.15) is 0 Å². The lowest BCUT2D eigenvalue weighted by atomic mass is 9.95. The van der Waals surface area contributed by atoms with Gasteiger partial charge in [0.25, 0.3) is 5.69 Å². The summed E-state index contributed by atoms with van der Waals surface area (Å²) in [6, 6.07) is 4.40. The molecule has 3 rings (SSSR count). The van der Waals surface area contributed by atoms with E-state index in [-0.39, 0.29) is 10.9 Å². The van der Waals surface area contributed by atoms with Crippen molar-refractivity contribution in [2.24, 2.45) is 4.99 Å². The number of nitro benzene ring substituents is 1. The predicted molar refractivity (Wildman–Crippen MR) is 88.8 cm³/mol. The van der Waals surface area contributed by atoms with Crippen LogP contribution >= 0.6 is 11.8 Å². The lowest BCUT2D eigenvalue weighted by molar-refractivity contribution is -0.385. The summed E-state index contributed by atoms with van der Waals surface area (Å²) in [7, 11) is 0. The Bertz CT molecular complexity index is 666. The molecule has 2 aliphatic heterocycles. The van der Waals surface area contributed by atoms with Crippen LogP contribution in [0.1, 0.15) is 25.8 Å². The van der Waals surface area contributed by atoms with Crippen molar-refractivity contribution in [2.75, 3.05) is 19.7 Å². The number of thioether (sulfide) groups is 1. The maximum Gasteiger partial charge on any atom is 0.270 e. The second-order valence-corrected chi connectivity index (χ2v) is 6.58. The van der Waals surface area contributed by atoms with E-state index in [9.17, 15) is 15.2 Å². The number of nitrogens with zero attached hydrogens (tertiary/aromatic N) is 3. The van der Waals surface area contributed by atoms with Gasteiger partial charge in [0, 0.05) is 25.2 Å². The van der Waals surface area contributed by atoms with Crippen molar-refractivity contribution < 1.29 is 14.8 Å². The molecule has 1 N–H and O–H groups in total. The topological polar surface area (TPSA) is 88.2 Å². The third-order valence-corrected chi connectivity index (χ3v) is 5.57. The monoisotopic (exact) mass is 337 g/mol. The summed E-state index contributed by atoms with van der Waals surface area (Å²) in [5.74, 6) is 0.498. The van der Waals surface area contributed by atoms with Crippen LogP contribution in [-0.2, 0) is 5.72 Å². The van der Waals surface area contributed by atoms with Crippen LogP contribution in [-0.4, -0.2) is 45.0 Å². The highest BCUT2D eigenvalue weighted by molar-refractivity contribution is 8.14. The molecule has 0 radical (unpaired) electrons. The maximum atomic E-state index is 11.5. The van der Waals surface area contributed by atoms with Gasteiger partial charge in [0.05, 0.1) is 22.3 Å². The average molecular weight is 337 g/mol. The Hall–Kier alpha value is -1.80. The number of non-ortho nitro benzene ring substituents is 1. The van der Waals surface area contributed by atoms with Crippen LogP contribution in [0.5, 0.6) is 5.75 Å². The zero-order valence-electron chi connectivity index (χ0n) is 13.1. The number of fused-ring (bicyclic) bond motifs is 3. The molecule has 7 nitrogen and oxygen atoms in total. The van der Waals surface area contributed by atoms with Gasteiger partial charge in [-0.1, -0.05) is 11.8 Å². The zero-order chi connectivity index (χ0) is 16.6. The summed E-state index contributed by atoms with van der Waals surface area (Å²) in [6.07, 6.45) is 0.642. The fourth-order valence-electron chi connectivity index (χ4n) is 3.13. The Labute approximate surface area is 138 Å². The molecule has 2 atom stereocenters. The van der Waals surface area contributed by atoms with E-state index in [0.29, 0.717) is 37.4 Å². The number of rotatable bonds is 3. The number of amidine groups is 1. The minimum absolute atomic E-state index is 0.0524. The minimum Gasteiger partial charge on any atom is -0.493 e. The van der Waals surface area contributed by atoms with Gasteiger partial charge in [0.2, 0.25) is 0 Å². The van der Waals surface area contributed by atoms with Gasteiger partial charge in [0.1, 0.15) is 5.75 Å². The molecule has 124 valence electrons. The van der Waals surface area contributed by atoms with Crippen LogP contribution in [0.2, 0.25) is 0 Å². The zero-order valence-corrected chi connectivity index (χ0v) is 13.9. The van der Waals surface area contributed by atoms with Crippen molar-refractivity contribution >= 4 is 22.6 Å². The van der Waals surface area contributed by atoms with Crippen LogP contribution in [0.3, 0.4) is 0 Å². The van der Waals surface area contributed by atoms with E-state index in [4.69, 9.17) is 4.74 Å². The molecule has 8 heteroatoms. The molecular formula is C15H19N3O4S. The smallest absolute Gasteiger partial charge is 0.270 e. The first kappa shape index (κ1) is 16.1. The van der Waals surface area contributed by atoms with Crippen LogP contribution in [0.4, 0.5) is 5.69 Å². The van der Waals surface area contributed by atoms with E-state index in [2.05, 4.69) is 4.99 Å². The summed E-state index contributed by atoms with van der Waals surface area (Å²) < 4.78 is 5.71. The fourth-order valence-corrected chi connectivity index (χ4v) is 4.61. The summed E-state index contributed by atoms with van der Waals surface area (Å²) in [6.45, 7) is 5.53. The molecule has 1 fully saturated rings. The molecule has 0 amide bonds. The Morgan fingerprint density at radius 2 is 2.35 bits per heavy atom. The Balaban J connectivity index is 2.18. The van der Waals surface area contributed by atoms with Crippen molar-refractivity contribution in [2.45, 2.75) is 31.2 Å². The van der Waals surface area contributed by atoms with Crippen LogP contribution in [0.15, 0.2) is 23.2 Å². The van der Waals surface area contributed by atoms with Crippen LogP contribution in [0, 0.1) is 10.1 Å². The standard InChI is InChI=1S/C15H19N3O4S/c1-3-16-14-17(4-2)15(19)11-9-10(18(20)21)5-6-12(11)22-8-7-13(15)23-14/h5-6,9,13,19H,3-4,7-8H2,1-2H3/b16-14-. The molecule has 1 saturated heterocycles. The van der Waals surface area contributed by atoms with Gasteiger partial charge in [-0.25, -0.2) is 0 Å². The summed E-state index contributed by atoms with van der Waals surface area (Å²) >= 11 is 1.52. The molecule has 1 aromatic rings. The SMILES string of the molecule is CC/N=C1\SC2CCOc3ccc([N+](=O)[O-])cc3C2(O)N1CC. The molecule has 2 unspecified atom stereocenters. The molecule has 0 bridgehead atoms. The lowest BCUT2D eigenvalue weighted by Crippen LogP contribution is -2.48. The highest BCUT2D eigenvalue weighted by Gasteiger charge is 2.54. The molecule has 0 aromatic heterocycles. The Kier molecular flexibility index (Phi) is 4.20. The lowest BCUT2D eigenvalue weighted by Gasteiger charge is -2.36. The maximum absolute atomic E-state index is 11.5. The third kappa shape index (κ3) is 2.46. The number of benzene rings is 1. The number of hydrogen-bond donors (Lipinski definition) is 1. The van der Waals surface area contributed by atoms with Crippen molar-refractivity contribution in [3.05, 3.63) is 33.9 Å². The molecule has 1 aromatic carbocycles. The van der Waals surface area contributed by atoms with E-state index >= 15 is 0 Å². The summed E-state index contributed by atoms with van der Waals surface area (Å²) in [4.78, 5) is 17.0. The normalized spacial score (nSPS) is 28.0. The van der Waals surface area contributed by atoms with E-state index in [1.54, 1.807) is 6.07 Å². The van der Waals surface area contributed by atoms with E-state index in [1.807, 2.05) is 18.7 Å². The van der Waals surface area contributed by atoms with Crippen molar-refractivity contribution in [3.63, 3.8) is 0 Å². The van der Waals surface area contributed by atoms with Crippen molar-refractivity contribution in [1.82, 2.24) is 4.90 Å². The highest BCUT2D eigenvalue weighted by Crippen LogP contribution is 2.51. The second kappa shape index (κ2) is 6.01. The number of ether oxygens (including phenoxy) is 1. The first-order valence-corrected chi connectivity index (χ1v) is 8.53. The number of aliphatic imine (C=N–C) groups is 1. The number of nitro groups is 1. The predicted octanol–water partition coefficient (Wildman–Crippen LogP) is 2.34. The number of aliphatic hydroxyl groups is 1. The van der Waals surface area contributed by atoms with Gasteiger partial charge < -0.3 is 14.7 Å². The molecule has 0 spiro atoms. The van der Waals surface area contributed by atoms with Gasteiger partial charge in [-0.05, 0) is 26.3 Å². The third-order valence-electron chi connectivity index (χ3n) is 4.16. The highest BCUT2D eigenvalue weighted by atomic mass is 32.2. The Morgan fingerprint density at radius 3 is 3.00 bits per heavy atom. The first-order valence-electron chi connectivity index (χ1n) is 7.65. The minimum atomic E-state index is -1.34. The van der Waals surface area contributed by atoms with Gasteiger partial charge in [-0.3, -0.25) is 15.1 Å². The first-order chi connectivity index (χ1) is 11.0. The van der Waals surface area contributed by atoms with Crippen molar-refractivity contribution in [1.29, 1.82) is 0 Å². The van der Waals surface area contributed by atoms with Gasteiger partial charge >= 0.3 is 0 Å². The number of hydrogen-bond acceptors (Lipinski definition) is 6. The van der Waals surface area contributed by atoms with Gasteiger partial charge in [0.15, 0.2) is 10.9 Å². The molecule has 2 aliphatic rings. The average Bonchev–Trinajstić information content (AvgIpc) is 2.71. The summed E-state index contributed by atoms with van der Waals surface area (Å²) in [5.41, 5.74) is -0.945. The van der Waals surface area contributed by atoms with Crippen LogP contribution < -0.4 is 4.74 Å². The Morgan fingerprint density at radius 1 is 1.57 bits per heavy atom. The molecule has 0 saturated carbocycles. The van der Waals surface area contributed by atoms with E-state index in [1.165, 1.54) is 23.9 Å². The molecule has 23 heavy (non-hydrogen) atoms. The van der Waals surface area contributed by atoms with Crippen molar-refractivity contribution in [3.8, 4) is 5.75 Å². The second-order valence-electron chi connectivity index (χ2n) is 5.41. The quantitative estimate of drug-likeness (QED) is 0.673. The van der Waals surface area contributed by atoms with E-state index < -0.39 is 10.6 Å². The molecule has 0 aliphatic carbocycles. The molecular weight excluding hydrogens is 318 g/mol.